The summed E-state index contributed by atoms with van der Waals surface area (Å²) in [6.45, 7) is 1.60. The molecule has 1 rings (SSSR count). The van der Waals surface area contributed by atoms with Crippen molar-refractivity contribution in [3.05, 3.63) is 36.4 Å². The normalized spacial score (nSPS) is 10.2. The minimum atomic E-state index is -0.522. The van der Waals surface area contributed by atoms with E-state index in [0.29, 0.717) is 11.4 Å². The van der Waals surface area contributed by atoms with Crippen molar-refractivity contribution in [2.75, 3.05) is 19.0 Å². The third kappa shape index (κ3) is 5.72. The Morgan fingerprint density at radius 2 is 1.95 bits per heavy atom. The van der Waals surface area contributed by atoms with Crippen LogP contribution in [0.4, 0.5) is 5.69 Å². The predicted molar refractivity (Wildman–Crippen MR) is 72.0 cm³/mol. The molecule has 19 heavy (non-hydrogen) atoms. The minimum Gasteiger partial charge on any atom is -0.497 e. The van der Waals surface area contributed by atoms with Crippen molar-refractivity contribution in [1.82, 2.24) is 0 Å². The number of anilines is 1. The molecule has 0 heterocycles. The molecular weight excluding hydrogens is 246 g/mol. The van der Waals surface area contributed by atoms with Crippen molar-refractivity contribution in [2.45, 2.75) is 13.3 Å². The van der Waals surface area contributed by atoms with Crippen LogP contribution in [0.1, 0.15) is 13.3 Å². The van der Waals surface area contributed by atoms with Crippen LogP contribution in [-0.2, 0) is 14.3 Å². The molecule has 0 aromatic heterocycles. The Labute approximate surface area is 112 Å². The first-order valence-electron chi connectivity index (χ1n) is 5.93. The molecule has 5 nitrogen and oxygen atoms in total. The smallest absolute Gasteiger partial charge is 0.330 e. The summed E-state index contributed by atoms with van der Waals surface area (Å²) in [5, 5.41) is 2.61. The first kappa shape index (κ1) is 14.8. The van der Waals surface area contributed by atoms with E-state index >= 15 is 0 Å². The highest BCUT2D eigenvalue weighted by Crippen LogP contribution is 2.14. The van der Waals surface area contributed by atoms with Crippen LogP contribution in [-0.4, -0.2) is 25.6 Å². The minimum absolute atomic E-state index is 0.307. The Morgan fingerprint density at radius 3 is 2.53 bits per heavy atom. The molecule has 0 unspecified atom stereocenters. The number of hydrogen-bond acceptors (Lipinski definition) is 4. The molecular formula is C14H17NO4. The lowest BCUT2D eigenvalue weighted by Crippen LogP contribution is -2.20. The molecule has 0 radical (unpaired) electrons. The summed E-state index contributed by atoms with van der Waals surface area (Å²) in [5.74, 6) is -0.204. The van der Waals surface area contributed by atoms with Gasteiger partial charge in [0, 0.05) is 11.8 Å². The van der Waals surface area contributed by atoms with Gasteiger partial charge in [-0.05, 0) is 30.7 Å². The first-order chi connectivity index (χ1) is 9.15. The van der Waals surface area contributed by atoms with Crippen molar-refractivity contribution in [2.24, 2.45) is 0 Å². The van der Waals surface area contributed by atoms with Gasteiger partial charge in [-0.15, -0.1) is 0 Å². The summed E-state index contributed by atoms with van der Waals surface area (Å²) >= 11 is 0. The number of amides is 1. The van der Waals surface area contributed by atoms with E-state index in [2.05, 4.69) is 5.32 Å². The fourth-order valence-electron chi connectivity index (χ4n) is 1.27. The third-order valence-electron chi connectivity index (χ3n) is 2.21. The molecule has 0 atom stereocenters. The summed E-state index contributed by atoms with van der Waals surface area (Å²) in [6.07, 6.45) is 3.72. The van der Waals surface area contributed by atoms with Crippen molar-refractivity contribution in [3.63, 3.8) is 0 Å². The number of ether oxygens (including phenoxy) is 2. The number of esters is 1. The van der Waals surface area contributed by atoms with Gasteiger partial charge >= 0.3 is 5.97 Å². The van der Waals surface area contributed by atoms with Crippen LogP contribution >= 0.6 is 0 Å². The van der Waals surface area contributed by atoms with E-state index in [1.165, 1.54) is 6.08 Å². The van der Waals surface area contributed by atoms with E-state index < -0.39 is 5.97 Å². The second-order valence-corrected chi connectivity index (χ2v) is 3.70. The average Bonchev–Trinajstić information content (AvgIpc) is 2.43. The van der Waals surface area contributed by atoms with Crippen LogP contribution in [0.25, 0.3) is 0 Å². The fraction of sp³-hybridized carbons (Fsp3) is 0.286. The number of allylic oxidation sites excluding steroid dienone is 1. The van der Waals surface area contributed by atoms with Gasteiger partial charge in [0.25, 0.3) is 5.91 Å². The third-order valence-corrected chi connectivity index (χ3v) is 2.21. The molecule has 0 saturated carbocycles. The lowest BCUT2D eigenvalue weighted by Gasteiger charge is -2.06. The quantitative estimate of drug-likeness (QED) is 0.631. The number of hydrogen-bond donors (Lipinski definition) is 1. The van der Waals surface area contributed by atoms with Gasteiger partial charge in [-0.3, -0.25) is 4.79 Å². The fourth-order valence-corrected chi connectivity index (χ4v) is 1.27. The van der Waals surface area contributed by atoms with E-state index in [9.17, 15) is 9.59 Å². The van der Waals surface area contributed by atoms with Gasteiger partial charge in [0.05, 0.1) is 7.11 Å². The number of carbonyl (C=O) groups excluding carboxylic acids is 2. The Kier molecular flexibility index (Phi) is 6.15. The highest BCUT2D eigenvalue weighted by atomic mass is 16.5. The monoisotopic (exact) mass is 263 g/mol. The lowest BCUT2D eigenvalue weighted by atomic mass is 10.3. The van der Waals surface area contributed by atoms with Gasteiger partial charge in [-0.2, -0.15) is 0 Å². The predicted octanol–water partition coefficient (Wildman–Crippen LogP) is 2.14. The molecule has 1 aromatic carbocycles. The zero-order valence-electron chi connectivity index (χ0n) is 11.0. The van der Waals surface area contributed by atoms with E-state index in [-0.39, 0.29) is 12.5 Å². The van der Waals surface area contributed by atoms with Crippen molar-refractivity contribution < 1.29 is 19.1 Å². The summed E-state index contributed by atoms with van der Waals surface area (Å²) in [6, 6.07) is 6.86. The summed E-state index contributed by atoms with van der Waals surface area (Å²) < 4.78 is 9.76. The topological polar surface area (TPSA) is 64.6 Å². The van der Waals surface area contributed by atoms with Gasteiger partial charge < -0.3 is 14.8 Å². The maximum atomic E-state index is 11.5. The molecule has 0 aliphatic carbocycles. The molecule has 0 fully saturated rings. The number of carbonyl (C=O) groups is 2. The Morgan fingerprint density at radius 1 is 1.26 bits per heavy atom. The molecule has 0 bridgehead atoms. The highest BCUT2D eigenvalue weighted by Gasteiger charge is 2.05. The zero-order chi connectivity index (χ0) is 14.1. The standard InChI is InChI=1S/C14H17NO4/c1-3-4-5-14(17)19-10-13(16)15-11-6-8-12(18-2)9-7-11/h4-9H,3,10H2,1-2H3,(H,15,16)/b5-4+. The molecule has 1 N–H and O–H groups in total. The van der Waals surface area contributed by atoms with Gasteiger partial charge in [0.1, 0.15) is 5.75 Å². The Balaban J connectivity index is 2.38. The summed E-state index contributed by atoms with van der Waals surface area (Å²) in [5.41, 5.74) is 0.617. The molecule has 0 aliphatic heterocycles. The van der Waals surface area contributed by atoms with Gasteiger partial charge in [-0.25, -0.2) is 4.79 Å². The highest BCUT2D eigenvalue weighted by molar-refractivity contribution is 5.93. The zero-order valence-corrected chi connectivity index (χ0v) is 11.0. The van der Waals surface area contributed by atoms with Crippen LogP contribution in [0.15, 0.2) is 36.4 Å². The van der Waals surface area contributed by atoms with Crippen molar-refractivity contribution in [3.8, 4) is 5.75 Å². The molecule has 1 amide bonds. The number of methoxy groups -OCH3 is 1. The molecule has 1 aromatic rings. The molecule has 0 spiro atoms. The van der Waals surface area contributed by atoms with Crippen LogP contribution in [0, 0.1) is 0 Å². The summed E-state index contributed by atoms with van der Waals surface area (Å²) in [4.78, 5) is 22.6. The van der Waals surface area contributed by atoms with Gasteiger partial charge in [0.2, 0.25) is 0 Å². The molecule has 0 aliphatic rings. The Hall–Kier alpha value is -2.30. The summed E-state index contributed by atoms with van der Waals surface area (Å²) in [7, 11) is 1.57. The number of nitrogens with one attached hydrogen (secondary N) is 1. The van der Waals surface area contributed by atoms with Crippen LogP contribution in [0.5, 0.6) is 5.75 Å². The number of benzene rings is 1. The van der Waals surface area contributed by atoms with Gasteiger partial charge in [-0.1, -0.05) is 13.0 Å². The van der Waals surface area contributed by atoms with E-state index in [1.54, 1.807) is 37.5 Å². The van der Waals surface area contributed by atoms with Crippen LogP contribution in [0.3, 0.4) is 0 Å². The second kappa shape index (κ2) is 7.92. The van der Waals surface area contributed by atoms with Crippen LogP contribution < -0.4 is 10.1 Å². The van der Waals surface area contributed by atoms with E-state index in [0.717, 1.165) is 6.42 Å². The van der Waals surface area contributed by atoms with Crippen molar-refractivity contribution >= 4 is 17.6 Å². The van der Waals surface area contributed by atoms with Crippen molar-refractivity contribution in [1.29, 1.82) is 0 Å². The van der Waals surface area contributed by atoms with E-state index in [4.69, 9.17) is 9.47 Å². The second-order valence-electron chi connectivity index (χ2n) is 3.70. The maximum Gasteiger partial charge on any atom is 0.330 e. The average molecular weight is 263 g/mol. The molecule has 5 heteroatoms. The first-order valence-corrected chi connectivity index (χ1v) is 5.93. The Bertz CT molecular complexity index is 451. The SMILES string of the molecule is CC/C=C/C(=O)OCC(=O)Nc1ccc(OC)cc1. The molecule has 102 valence electrons. The van der Waals surface area contributed by atoms with Gasteiger partial charge in [0.15, 0.2) is 6.61 Å². The molecule has 0 saturated heterocycles. The van der Waals surface area contributed by atoms with Crippen LogP contribution in [0.2, 0.25) is 0 Å². The maximum absolute atomic E-state index is 11.5. The number of rotatable bonds is 6. The largest absolute Gasteiger partial charge is 0.497 e. The lowest BCUT2D eigenvalue weighted by molar-refractivity contribution is -0.142. The van der Waals surface area contributed by atoms with E-state index in [1.807, 2.05) is 6.92 Å².